The summed E-state index contributed by atoms with van der Waals surface area (Å²) in [7, 11) is 1.81. The third-order valence-electron chi connectivity index (χ3n) is 3.51. The zero-order valence-corrected chi connectivity index (χ0v) is 12.3. The molecule has 1 aliphatic rings. The van der Waals surface area contributed by atoms with Gasteiger partial charge in [-0.05, 0) is 18.1 Å². The van der Waals surface area contributed by atoms with Gasteiger partial charge in [-0.1, -0.05) is 29.5 Å². The van der Waals surface area contributed by atoms with E-state index in [2.05, 4.69) is 29.4 Å². The van der Waals surface area contributed by atoms with Crippen LogP contribution in [0.1, 0.15) is 22.2 Å². The summed E-state index contributed by atoms with van der Waals surface area (Å²) in [5.41, 5.74) is 3.32. The first-order chi connectivity index (χ1) is 9.65. The van der Waals surface area contributed by atoms with Crippen LogP contribution in [0.2, 0.25) is 0 Å². The molecule has 0 radical (unpaired) electrons. The summed E-state index contributed by atoms with van der Waals surface area (Å²) in [4.78, 5) is 13.3. The molecule has 0 aliphatic carbocycles. The maximum atomic E-state index is 11.6. The number of hydrogen-bond donors (Lipinski definition) is 0. The van der Waals surface area contributed by atoms with Gasteiger partial charge in [0.15, 0.2) is 0 Å². The molecule has 5 nitrogen and oxygen atoms in total. The van der Waals surface area contributed by atoms with Gasteiger partial charge in [-0.3, -0.25) is 4.79 Å². The van der Waals surface area contributed by atoms with Crippen LogP contribution < -0.4 is 0 Å². The number of carbonyl (C=O) groups excluding carboxylic acids is 1. The third-order valence-corrected chi connectivity index (χ3v) is 4.80. The minimum absolute atomic E-state index is 0.00637. The Kier molecular flexibility index (Phi) is 3.48. The first kappa shape index (κ1) is 13.2. The van der Waals surface area contributed by atoms with E-state index >= 15 is 0 Å². The molecule has 1 aliphatic heterocycles. The highest BCUT2D eigenvalue weighted by Crippen LogP contribution is 2.35. The fourth-order valence-corrected chi connectivity index (χ4v) is 3.37. The second-order valence-corrected chi connectivity index (χ2v) is 6.00. The van der Waals surface area contributed by atoms with Gasteiger partial charge < -0.3 is 4.90 Å². The summed E-state index contributed by atoms with van der Waals surface area (Å²) < 4.78 is 1.83. The van der Waals surface area contributed by atoms with E-state index < -0.39 is 0 Å². The first-order valence-electron chi connectivity index (χ1n) is 6.47. The predicted octanol–water partition coefficient (Wildman–Crippen LogP) is 1.84. The molecule has 6 heteroatoms. The number of aromatic nitrogens is 3. The van der Waals surface area contributed by atoms with Crippen molar-refractivity contribution in [3.63, 3.8) is 0 Å². The Balaban J connectivity index is 1.78. The number of rotatable bonds is 3. The zero-order valence-electron chi connectivity index (χ0n) is 11.5. The van der Waals surface area contributed by atoms with Gasteiger partial charge >= 0.3 is 0 Å². The quantitative estimate of drug-likeness (QED) is 0.865. The molecule has 1 fully saturated rings. The molecular weight excluding hydrogens is 272 g/mol. The molecule has 3 rings (SSSR count). The molecule has 0 unspecified atom stereocenters. The number of carbonyl (C=O) groups is 1. The van der Waals surface area contributed by atoms with Crippen LogP contribution in [0.3, 0.4) is 0 Å². The van der Waals surface area contributed by atoms with Crippen molar-refractivity contribution in [2.45, 2.75) is 18.8 Å². The van der Waals surface area contributed by atoms with Crippen LogP contribution >= 0.6 is 11.8 Å². The van der Waals surface area contributed by atoms with E-state index in [1.165, 1.54) is 11.1 Å². The van der Waals surface area contributed by atoms with Gasteiger partial charge in [0.2, 0.25) is 5.91 Å². The van der Waals surface area contributed by atoms with Crippen molar-refractivity contribution in [1.82, 2.24) is 19.9 Å². The lowest BCUT2D eigenvalue weighted by Gasteiger charge is -2.15. The van der Waals surface area contributed by atoms with Crippen molar-refractivity contribution in [3.05, 3.63) is 47.3 Å². The molecule has 1 amide bonds. The summed E-state index contributed by atoms with van der Waals surface area (Å²) in [6, 6.07) is 8.24. The monoisotopic (exact) mass is 288 g/mol. The van der Waals surface area contributed by atoms with Crippen molar-refractivity contribution in [2.24, 2.45) is 0 Å². The van der Waals surface area contributed by atoms with Crippen LogP contribution in [0.15, 0.2) is 30.5 Å². The number of nitrogens with zero attached hydrogens (tertiary/aromatic N) is 4. The smallest absolute Gasteiger partial charge is 0.233 e. The molecular formula is C14H16N4OS. The van der Waals surface area contributed by atoms with Gasteiger partial charge in [0, 0.05) is 7.05 Å². The number of amides is 1. The minimum atomic E-state index is -0.00637. The zero-order chi connectivity index (χ0) is 14.1. The van der Waals surface area contributed by atoms with Crippen molar-refractivity contribution in [2.75, 3.05) is 12.8 Å². The van der Waals surface area contributed by atoms with Crippen molar-refractivity contribution < 1.29 is 4.79 Å². The minimum Gasteiger partial charge on any atom is -0.327 e. The number of hydrogen-bond acceptors (Lipinski definition) is 4. The summed E-state index contributed by atoms with van der Waals surface area (Å²) in [6.45, 7) is 2.79. The molecule has 2 aromatic rings. The molecule has 1 saturated heterocycles. The van der Waals surface area contributed by atoms with Crippen molar-refractivity contribution in [1.29, 1.82) is 0 Å². The highest BCUT2D eigenvalue weighted by molar-refractivity contribution is 8.00. The fourth-order valence-electron chi connectivity index (χ4n) is 2.24. The van der Waals surface area contributed by atoms with E-state index in [4.69, 9.17) is 0 Å². The number of benzene rings is 1. The second-order valence-electron chi connectivity index (χ2n) is 4.94. The maximum absolute atomic E-state index is 11.6. The largest absolute Gasteiger partial charge is 0.327 e. The van der Waals surface area contributed by atoms with Crippen LogP contribution in [0, 0.1) is 6.92 Å². The average molecular weight is 288 g/mol. The molecule has 1 aromatic carbocycles. The van der Waals surface area contributed by atoms with Gasteiger partial charge in [0.25, 0.3) is 0 Å². The van der Waals surface area contributed by atoms with Gasteiger partial charge in [0.05, 0.1) is 18.5 Å². The molecule has 0 spiro atoms. The van der Waals surface area contributed by atoms with Gasteiger partial charge in [0.1, 0.15) is 11.1 Å². The van der Waals surface area contributed by atoms with Crippen LogP contribution in [0.25, 0.3) is 0 Å². The lowest BCUT2D eigenvalue weighted by molar-refractivity contribution is -0.126. The Morgan fingerprint density at radius 1 is 1.40 bits per heavy atom. The third kappa shape index (κ3) is 2.43. The van der Waals surface area contributed by atoms with Gasteiger partial charge in [-0.2, -0.15) is 0 Å². The second kappa shape index (κ2) is 5.28. The summed E-state index contributed by atoms with van der Waals surface area (Å²) in [5.74, 6) is 0.666. The van der Waals surface area contributed by atoms with Crippen LogP contribution in [-0.2, 0) is 11.3 Å². The maximum Gasteiger partial charge on any atom is 0.233 e. The van der Waals surface area contributed by atoms with Gasteiger partial charge in [-0.25, -0.2) is 4.68 Å². The topological polar surface area (TPSA) is 51.0 Å². The first-order valence-corrected chi connectivity index (χ1v) is 7.52. The van der Waals surface area contributed by atoms with E-state index in [0.29, 0.717) is 12.3 Å². The summed E-state index contributed by atoms with van der Waals surface area (Å²) >= 11 is 1.60. The lowest BCUT2D eigenvalue weighted by atomic mass is 10.1. The Labute approximate surface area is 122 Å². The molecule has 2 heterocycles. The fraction of sp³-hybridized carbons (Fsp3) is 0.357. The van der Waals surface area contributed by atoms with E-state index in [1.54, 1.807) is 16.7 Å². The van der Waals surface area contributed by atoms with Crippen molar-refractivity contribution >= 4 is 17.7 Å². The molecule has 1 aromatic heterocycles. The van der Waals surface area contributed by atoms with Crippen LogP contribution in [0.4, 0.5) is 0 Å². The highest BCUT2D eigenvalue weighted by atomic mass is 32.2. The van der Waals surface area contributed by atoms with Crippen LogP contribution in [0.5, 0.6) is 0 Å². The molecule has 1 atom stereocenters. The molecule has 0 N–H and O–H groups in total. The Hall–Kier alpha value is -1.82. The lowest BCUT2D eigenvalue weighted by Crippen LogP contribution is -2.23. The standard InChI is InChI=1S/C14H16N4OS/c1-10-5-3-4-6-11(10)7-18-8-12(15-16-18)14-17(2)13(19)9-20-14/h3-6,8,14H,7,9H2,1-2H3/t14-/m0/s1. The molecule has 20 heavy (non-hydrogen) atoms. The molecule has 0 saturated carbocycles. The molecule has 0 bridgehead atoms. The summed E-state index contributed by atoms with van der Waals surface area (Å²) in [6.07, 6.45) is 1.93. The number of thioether (sulfide) groups is 1. The Bertz CT molecular complexity index is 640. The van der Waals surface area contributed by atoms with E-state index in [-0.39, 0.29) is 11.3 Å². The highest BCUT2D eigenvalue weighted by Gasteiger charge is 2.31. The van der Waals surface area contributed by atoms with Crippen molar-refractivity contribution in [3.8, 4) is 0 Å². The van der Waals surface area contributed by atoms with Gasteiger partial charge in [-0.15, -0.1) is 16.9 Å². The number of aryl methyl sites for hydroxylation is 1. The predicted molar refractivity (Wildman–Crippen MR) is 78.3 cm³/mol. The van der Waals surface area contributed by atoms with E-state index in [0.717, 1.165) is 5.69 Å². The molecule has 104 valence electrons. The average Bonchev–Trinajstić information content (AvgIpc) is 3.01. The Morgan fingerprint density at radius 3 is 2.90 bits per heavy atom. The Morgan fingerprint density at radius 2 is 2.20 bits per heavy atom. The van der Waals surface area contributed by atoms with E-state index in [1.807, 2.05) is 30.1 Å². The van der Waals surface area contributed by atoms with E-state index in [9.17, 15) is 4.79 Å². The SMILES string of the molecule is Cc1ccccc1Cn1cc([C@@H]2SCC(=O)N2C)nn1. The summed E-state index contributed by atoms with van der Waals surface area (Å²) in [5, 5.41) is 8.37. The normalized spacial score (nSPS) is 18.8. The van der Waals surface area contributed by atoms with Crippen LogP contribution in [-0.4, -0.2) is 38.6 Å².